The Kier molecular flexibility index (Phi) is 5.37. The largest absolute Gasteiger partial charge is 0.384 e. The lowest BCUT2D eigenvalue weighted by Crippen LogP contribution is -2.39. The second kappa shape index (κ2) is 6.57. The maximum Gasteiger partial charge on any atom is 0.138 e. The predicted molar refractivity (Wildman–Crippen MR) is 61.5 cm³/mol. The van der Waals surface area contributed by atoms with Gasteiger partial charge in [0.15, 0.2) is 0 Å². The number of methoxy groups -OCH3 is 1. The summed E-state index contributed by atoms with van der Waals surface area (Å²) >= 11 is 0. The Labute approximate surface area is 96.2 Å². The fourth-order valence-electron chi connectivity index (χ4n) is 1.77. The Morgan fingerprint density at radius 3 is 2.88 bits per heavy atom. The summed E-state index contributed by atoms with van der Waals surface area (Å²) in [6, 6.07) is 0.202. The molecule has 6 heteroatoms. The molecule has 1 heterocycles. The van der Waals surface area contributed by atoms with Crippen LogP contribution in [0.15, 0.2) is 6.33 Å². The number of hydrazine groups is 1. The average molecular weight is 227 g/mol. The second-order valence-corrected chi connectivity index (χ2v) is 4.16. The molecule has 0 radical (unpaired) electrons. The third-order valence-corrected chi connectivity index (χ3v) is 2.61. The summed E-state index contributed by atoms with van der Waals surface area (Å²) in [5.74, 6) is 6.94. The van der Waals surface area contributed by atoms with Crippen LogP contribution in [0.4, 0.5) is 0 Å². The quantitative estimate of drug-likeness (QED) is 0.501. The van der Waals surface area contributed by atoms with Crippen LogP contribution in [-0.2, 0) is 18.2 Å². The first-order valence-corrected chi connectivity index (χ1v) is 5.45. The molecule has 0 amide bonds. The zero-order valence-electron chi connectivity index (χ0n) is 10.2. The van der Waals surface area contributed by atoms with E-state index in [-0.39, 0.29) is 6.04 Å². The minimum absolute atomic E-state index is 0.202. The number of hydrogen-bond donors (Lipinski definition) is 2. The number of nitrogens with two attached hydrogens (primary N) is 1. The first kappa shape index (κ1) is 13.1. The van der Waals surface area contributed by atoms with Crippen molar-refractivity contribution >= 4 is 0 Å². The molecule has 0 aliphatic carbocycles. The van der Waals surface area contributed by atoms with Crippen molar-refractivity contribution in [2.45, 2.75) is 25.8 Å². The SMILES string of the molecule is COCC(C)CC(Cc1ncnn1C)NN. The van der Waals surface area contributed by atoms with Crippen LogP contribution < -0.4 is 11.3 Å². The molecule has 6 nitrogen and oxygen atoms in total. The highest BCUT2D eigenvalue weighted by molar-refractivity contribution is 4.88. The second-order valence-electron chi connectivity index (χ2n) is 4.16. The zero-order valence-corrected chi connectivity index (χ0v) is 10.2. The first-order chi connectivity index (χ1) is 7.67. The van der Waals surface area contributed by atoms with E-state index in [9.17, 15) is 0 Å². The molecule has 2 atom stereocenters. The number of aromatic nitrogens is 3. The van der Waals surface area contributed by atoms with Gasteiger partial charge in [-0.2, -0.15) is 5.10 Å². The molecule has 0 saturated carbocycles. The summed E-state index contributed by atoms with van der Waals surface area (Å²) in [7, 11) is 3.60. The molecule has 0 aliphatic heterocycles. The number of hydrogen-bond acceptors (Lipinski definition) is 5. The normalized spacial score (nSPS) is 15.0. The van der Waals surface area contributed by atoms with Crippen LogP contribution in [0.1, 0.15) is 19.2 Å². The van der Waals surface area contributed by atoms with E-state index < -0.39 is 0 Å². The Hall–Kier alpha value is -0.980. The lowest BCUT2D eigenvalue weighted by Gasteiger charge is -2.19. The molecule has 92 valence electrons. The number of rotatable bonds is 7. The summed E-state index contributed by atoms with van der Waals surface area (Å²) in [6.45, 7) is 2.89. The summed E-state index contributed by atoms with van der Waals surface area (Å²) in [5.41, 5.74) is 2.82. The minimum atomic E-state index is 0.202. The highest BCUT2D eigenvalue weighted by atomic mass is 16.5. The van der Waals surface area contributed by atoms with Crippen molar-refractivity contribution in [3.05, 3.63) is 12.2 Å². The summed E-state index contributed by atoms with van der Waals surface area (Å²) < 4.78 is 6.88. The van der Waals surface area contributed by atoms with Gasteiger partial charge in [0.2, 0.25) is 0 Å². The molecule has 3 N–H and O–H groups in total. The van der Waals surface area contributed by atoms with Crippen molar-refractivity contribution in [2.24, 2.45) is 18.8 Å². The van der Waals surface area contributed by atoms with Gasteiger partial charge in [0, 0.05) is 33.2 Å². The van der Waals surface area contributed by atoms with Crippen LogP contribution in [0.2, 0.25) is 0 Å². The van der Waals surface area contributed by atoms with Gasteiger partial charge in [-0.3, -0.25) is 16.0 Å². The maximum absolute atomic E-state index is 5.54. The van der Waals surface area contributed by atoms with E-state index in [1.165, 1.54) is 0 Å². The number of nitrogens with one attached hydrogen (secondary N) is 1. The molecular formula is C10H21N5O. The lowest BCUT2D eigenvalue weighted by molar-refractivity contribution is 0.149. The van der Waals surface area contributed by atoms with E-state index in [0.717, 1.165) is 25.3 Å². The molecule has 16 heavy (non-hydrogen) atoms. The third kappa shape index (κ3) is 3.88. The highest BCUT2D eigenvalue weighted by Crippen LogP contribution is 2.09. The predicted octanol–water partition coefficient (Wildman–Crippen LogP) is -0.138. The van der Waals surface area contributed by atoms with Gasteiger partial charge < -0.3 is 4.74 Å². The van der Waals surface area contributed by atoms with Gasteiger partial charge >= 0.3 is 0 Å². The van der Waals surface area contributed by atoms with E-state index in [0.29, 0.717) is 5.92 Å². The molecule has 0 aromatic carbocycles. The fourth-order valence-corrected chi connectivity index (χ4v) is 1.77. The minimum Gasteiger partial charge on any atom is -0.384 e. The van der Waals surface area contributed by atoms with Crippen LogP contribution in [0.5, 0.6) is 0 Å². The number of nitrogens with zero attached hydrogens (tertiary/aromatic N) is 3. The lowest BCUT2D eigenvalue weighted by atomic mass is 10.0. The summed E-state index contributed by atoms with van der Waals surface area (Å²) in [4.78, 5) is 4.18. The van der Waals surface area contributed by atoms with Crippen molar-refractivity contribution in [2.75, 3.05) is 13.7 Å². The Morgan fingerprint density at radius 1 is 1.62 bits per heavy atom. The fraction of sp³-hybridized carbons (Fsp3) is 0.800. The molecule has 0 bridgehead atoms. The molecule has 1 rings (SSSR count). The van der Waals surface area contributed by atoms with Crippen molar-refractivity contribution < 1.29 is 4.74 Å². The van der Waals surface area contributed by atoms with E-state index in [4.69, 9.17) is 10.6 Å². The van der Waals surface area contributed by atoms with Gasteiger partial charge in [0.25, 0.3) is 0 Å². The molecule has 1 aromatic rings. The molecule has 1 aromatic heterocycles. The van der Waals surface area contributed by atoms with Crippen LogP contribution in [-0.4, -0.2) is 34.5 Å². The Balaban J connectivity index is 2.46. The summed E-state index contributed by atoms with van der Waals surface area (Å²) in [5, 5.41) is 4.03. The van der Waals surface area contributed by atoms with Crippen molar-refractivity contribution in [3.8, 4) is 0 Å². The molecule has 0 aliphatic rings. The maximum atomic E-state index is 5.54. The van der Waals surface area contributed by atoms with E-state index in [1.807, 2.05) is 7.05 Å². The topological polar surface area (TPSA) is 78.0 Å². The Morgan fingerprint density at radius 2 is 2.38 bits per heavy atom. The van der Waals surface area contributed by atoms with E-state index in [2.05, 4.69) is 22.4 Å². The van der Waals surface area contributed by atoms with Gasteiger partial charge in [-0.1, -0.05) is 6.92 Å². The monoisotopic (exact) mass is 227 g/mol. The van der Waals surface area contributed by atoms with Crippen molar-refractivity contribution in [3.63, 3.8) is 0 Å². The van der Waals surface area contributed by atoms with Gasteiger partial charge in [-0.05, 0) is 12.3 Å². The van der Waals surface area contributed by atoms with Crippen molar-refractivity contribution in [1.29, 1.82) is 0 Å². The van der Waals surface area contributed by atoms with Crippen molar-refractivity contribution in [1.82, 2.24) is 20.2 Å². The molecule has 2 unspecified atom stereocenters. The van der Waals surface area contributed by atoms with Gasteiger partial charge in [0.05, 0.1) is 0 Å². The standard InChI is InChI=1S/C10H21N5O/c1-8(6-16-3)4-9(14-11)5-10-12-7-13-15(10)2/h7-9,14H,4-6,11H2,1-3H3. The molecule has 0 saturated heterocycles. The zero-order chi connectivity index (χ0) is 12.0. The average Bonchev–Trinajstić information content (AvgIpc) is 2.64. The highest BCUT2D eigenvalue weighted by Gasteiger charge is 2.14. The van der Waals surface area contributed by atoms with Gasteiger partial charge in [0.1, 0.15) is 12.2 Å². The third-order valence-electron chi connectivity index (χ3n) is 2.61. The molecule has 0 fully saturated rings. The smallest absolute Gasteiger partial charge is 0.138 e. The molecular weight excluding hydrogens is 206 g/mol. The first-order valence-electron chi connectivity index (χ1n) is 5.45. The van der Waals surface area contributed by atoms with Gasteiger partial charge in [-0.15, -0.1) is 0 Å². The molecule has 0 spiro atoms. The van der Waals surface area contributed by atoms with Crippen LogP contribution in [0.25, 0.3) is 0 Å². The summed E-state index contributed by atoms with van der Waals surface area (Å²) in [6.07, 6.45) is 3.29. The van der Waals surface area contributed by atoms with E-state index in [1.54, 1.807) is 18.1 Å². The van der Waals surface area contributed by atoms with Crippen LogP contribution in [0, 0.1) is 5.92 Å². The number of aryl methyl sites for hydroxylation is 1. The van der Waals surface area contributed by atoms with E-state index >= 15 is 0 Å². The van der Waals surface area contributed by atoms with Crippen LogP contribution >= 0.6 is 0 Å². The Bertz CT molecular complexity index is 301. The van der Waals surface area contributed by atoms with Crippen LogP contribution in [0.3, 0.4) is 0 Å². The van der Waals surface area contributed by atoms with Gasteiger partial charge in [-0.25, -0.2) is 4.98 Å². The number of ether oxygens (including phenoxy) is 1.